The second-order valence-corrected chi connectivity index (χ2v) is 4.00. The molecule has 0 heterocycles. The second kappa shape index (κ2) is 9.65. The van der Waals surface area contributed by atoms with Gasteiger partial charge < -0.3 is 0 Å². The molecule has 0 bridgehead atoms. The van der Waals surface area contributed by atoms with Gasteiger partial charge in [0, 0.05) is 0 Å². The molecule has 0 N–H and O–H groups in total. The molecule has 17 heavy (non-hydrogen) atoms. The van der Waals surface area contributed by atoms with Crippen molar-refractivity contribution in [2.45, 2.75) is 32.6 Å². The van der Waals surface area contributed by atoms with Crippen LogP contribution in [0.25, 0.3) is 0 Å². The lowest BCUT2D eigenvalue weighted by Gasteiger charge is -1.92. The van der Waals surface area contributed by atoms with E-state index in [1.165, 1.54) is 5.56 Å². The molecule has 0 aliphatic carbocycles. The molecule has 0 aliphatic heterocycles. The SMILES string of the molecule is CC/C=C\CCC=CC=CCc1ccccc1. The molecular weight excluding hydrogens is 204 g/mol. The molecule has 0 saturated heterocycles. The zero-order valence-corrected chi connectivity index (χ0v) is 10.7. The fourth-order valence-electron chi connectivity index (χ4n) is 1.55. The van der Waals surface area contributed by atoms with Gasteiger partial charge in [-0.2, -0.15) is 0 Å². The fraction of sp³-hybridized carbons (Fsp3) is 0.294. The number of unbranched alkanes of at least 4 members (excludes halogenated alkanes) is 1. The summed E-state index contributed by atoms with van der Waals surface area (Å²) >= 11 is 0. The molecule has 0 atom stereocenters. The van der Waals surface area contributed by atoms with E-state index in [9.17, 15) is 0 Å². The van der Waals surface area contributed by atoms with Crippen LogP contribution in [0.15, 0.2) is 66.8 Å². The maximum Gasteiger partial charge on any atom is -0.00943 e. The van der Waals surface area contributed by atoms with Gasteiger partial charge >= 0.3 is 0 Å². The zero-order chi connectivity index (χ0) is 12.2. The molecule has 0 nitrogen and oxygen atoms in total. The predicted octanol–water partition coefficient (Wildman–Crippen LogP) is 5.09. The third-order valence-corrected chi connectivity index (χ3v) is 2.48. The van der Waals surface area contributed by atoms with E-state index in [0.29, 0.717) is 0 Å². The normalized spacial score (nSPS) is 12.1. The first-order valence-electron chi connectivity index (χ1n) is 6.44. The molecule has 0 spiro atoms. The molecule has 0 radical (unpaired) electrons. The maximum atomic E-state index is 2.25. The zero-order valence-electron chi connectivity index (χ0n) is 10.7. The Bertz CT molecular complexity index is 355. The fourth-order valence-corrected chi connectivity index (χ4v) is 1.55. The van der Waals surface area contributed by atoms with E-state index in [1.54, 1.807) is 0 Å². The van der Waals surface area contributed by atoms with Crippen molar-refractivity contribution < 1.29 is 0 Å². The third kappa shape index (κ3) is 7.35. The van der Waals surface area contributed by atoms with Gasteiger partial charge in [0.2, 0.25) is 0 Å². The number of hydrogen-bond donors (Lipinski definition) is 0. The molecule has 90 valence electrons. The molecule has 0 unspecified atom stereocenters. The van der Waals surface area contributed by atoms with Crippen LogP contribution in [0.2, 0.25) is 0 Å². The summed E-state index contributed by atoms with van der Waals surface area (Å²) in [6.45, 7) is 2.17. The Morgan fingerprint density at radius 1 is 0.824 bits per heavy atom. The minimum atomic E-state index is 1.01. The van der Waals surface area contributed by atoms with E-state index < -0.39 is 0 Å². The Balaban J connectivity index is 2.13. The first kappa shape index (κ1) is 13.5. The van der Waals surface area contributed by atoms with Gasteiger partial charge in [-0.3, -0.25) is 0 Å². The molecular formula is C17H22. The quantitative estimate of drug-likeness (QED) is 0.345. The Kier molecular flexibility index (Phi) is 7.67. The van der Waals surface area contributed by atoms with Crippen LogP contribution in [0.1, 0.15) is 31.7 Å². The van der Waals surface area contributed by atoms with Crippen molar-refractivity contribution in [2.75, 3.05) is 0 Å². The molecule has 0 aliphatic rings. The summed E-state index contributed by atoms with van der Waals surface area (Å²) in [4.78, 5) is 0. The highest BCUT2D eigenvalue weighted by Gasteiger charge is 1.84. The number of allylic oxidation sites excluding steroid dienone is 6. The van der Waals surface area contributed by atoms with E-state index in [-0.39, 0.29) is 0 Å². The first-order valence-corrected chi connectivity index (χ1v) is 6.44. The Morgan fingerprint density at radius 2 is 1.53 bits per heavy atom. The lowest BCUT2D eigenvalue weighted by atomic mass is 10.1. The van der Waals surface area contributed by atoms with Crippen molar-refractivity contribution in [3.8, 4) is 0 Å². The lowest BCUT2D eigenvalue weighted by Crippen LogP contribution is -1.77. The van der Waals surface area contributed by atoms with Gasteiger partial charge in [0.1, 0.15) is 0 Å². The van der Waals surface area contributed by atoms with Gasteiger partial charge in [0.15, 0.2) is 0 Å². The Morgan fingerprint density at radius 3 is 2.29 bits per heavy atom. The molecule has 1 aromatic carbocycles. The van der Waals surface area contributed by atoms with Crippen LogP contribution in [0, 0.1) is 0 Å². The minimum Gasteiger partial charge on any atom is -0.0888 e. The van der Waals surface area contributed by atoms with Crippen molar-refractivity contribution in [2.24, 2.45) is 0 Å². The third-order valence-electron chi connectivity index (χ3n) is 2.48. The van der Waals surface area contributed by atoms with Gasteiger partial charge in [0.05, 0.1) is 0 Å². The molecule has 0 aromatic heterocycles. The minimum absolute atomic E-state index is 1.01. The summed E-state index contributed by atoms with van der Waals surface area (Å²) in [7, 11) is 0. The lowest BCUT2D eigenvalue weighted by molar-refractivity contribution is 1.04. The summed E-state index contributed by atoms with van der Waals surface area (Å²) in [5.74, 6) is 0. The highest BCUT2D eigenvalue weighted by molar-refractivity contribution is 5.18. The topological polar surface area (TPSA) is 0 Å². The van der Waals surface area contributed by atoms with Gasteiger partial charge in [-0.25, -0.2) is 0 Å². The monoisotopic (exact) mass is 226 g/mol. The Labute approximate surface area is 105 Å². The summed E-state index contributed by atoms with van der Waals surface area (Å²) < 4.78 is 0. The summed E-state index contributed by atoms with van der Waals surface area (Å²) in [5, 5.41) is 0. The maximum absolute atomic E-state index is 2.25. The van der Waals surface area contributed by atoms with E-state index in [0.717, 1.165) is 25.7 Å². The molecule has 0 amide bonds. The van der Waals surface area contributed by atoms with Crippen LogP contribution in [0.4, 0.5) is 0 Å². The van der Waals surface area contributed by atoms with Gasteiger partial charge in [0.25, 0.3) is 0 Å². The highest BCUT2D eigenvalue weighted by atomic mass is 13.9. The molecule has 1 aromatic rings. The van der Waals surface area contributed by atoms with Crippen molar-refractivity contribution in [1.82, 2.24) is 0 Å². The first-order chi connectivity index (χ1) is 8.43. The van der Waals surface area contributed by atoms with Crippen LogP contribution < -0.4 is 0 Å². The molecule has 0 heteroatoms. The van der Waals surface area contributed by atoms with Crippen molar-refractivity contribution in [1.29, 1.82) is 0 Å². The number of rotatable bonds is 7. The van der Waals surface area contributed by atoms with E-state index in [2.05, 4.69) is 73.7 Å². The second-order valence-electron chi connectivity index (χ2n) is 4.00. The molecule has 1 rings (SSSR count). The predicted molar refractivity (Wildman–Crippen MR) is 77.1 cm³/mol. The van der Waals surface area contributed by atoms with E-state index in [4.69, 9.17) is 0 Å². The summed E-state index contributed by atoms with van der Waals surface area (Å²) in [5.41, 5.74) is 1.36. The van der Waals surface area contributed by atoms with Crippen molar-refractivity contribution in [3.63, 3.8) is 0 Å². The van der Waals surface area contributed by atoms with Crippen LogP contribution >= 0.6 is 0 Å². The average Bonchev–Trinajstić information content (AvgIpc) is 2.38. The number of benzene rings is 1. The summed E-state index contributed by atoms with van der Waals surface area (Å²) in [6.07, 6.45) is 17.6. The standard InChI is InChI=1S/C17H22/c1-2-3-4-5-6-7-8-9-11-14-17-15-12-10-13-16-17/h3-4,7-13,15-16H,2,5-6,14H2,1H3/b4-3-,8-7?,11-9?. The van der Waals surface area contributed by atoms with Crippen LogP contribution in [0.3, 0.4) is 0 Å². The van der Waals surface area contributed by atoms with Gasteiger partial charge in [-0.1, -0.05) is 73.7 Å². The van der Waals surface area contributed by atoms with Gasteiger partial charge in [-0.15, -0.1) is 0 Å². The smallest absolute Gasteiger partial charge is 0.00943 e. The number of hydrogen-bond acceptors (Lipinski definition) is 0. The van der Waals surface area contributed by atoms with E-state index >= 15 is 0 Å². The molecule has 0 saturated carbocycles. The Hall–Kier alpha value is -1.56. The van der Waals surface area contributed by atoms with Crippen LogP contribution in [0.5, 0.6) is 0 Å². The van der Waals surface area contributed by atoms with Crippen molar-refractivity contribution >= 4 is 0 Å². The largest absolute Gasteiger partial charge is 0.0888 e. The van der Waals surface area contributed by atoms with Crippen molar-refractivity contribution in [3.05, 3.63) is 72.4 Å². The van der Waals surface area contributed by atoms with Gasteiger partial charge in [-0.05, 0) is 31.2 Å². The van der Waals surface area contributed by atoms with E-state index in [1.807, 2.05) is 0 Å². The summed E-state index contributed by atoms with van der Waals surface area (Å²) in [6, 6.07) is 10.5. The molecule has 0 fully saturated rings. The average molecular weight is 226 g/mol. The highest BCUT2D eigenvalue weighted by Crippen LogP contribution is 2.00. The van der Waals surface area contributed by atoms with Crippen LogP contribution in [-0.2, 0) is 6.42 Å². The van der Waals surface area contributed by atoms with Crippen LogP contribution in [-0.4, -0.2) is 0 Å².